The molecular formula is C15H23NO3. The van der Waals surface area contributed by atoms with Gasteiger partial charge in [0.1, 0.15) is 5.75 Å². The van der Waals surface area contributed by atoms with Crippen LogP contribution in [0.5, 0.6) is 5.75 Å². The maximum atomic E-state index is 10.5. The Morgan fingerprint density at radius 1 is 1.37 bits per heavy atom. The van der Waals surface area contributed by atoms with Crippen molar-refractivity contribution in [1.82, 2.24) is 4.90 Å². The fraction of sp³-hybridized carbons (Fsp3) is 0.533. The van der Waals surface area contributed by atoms with Gasteiger partial charge < -0.3 is 9.84 Å². The van der Waals surface area contributed by atoms with Crippen LogP contribution >= 0.6 is 0 Å². The molecule has 0 bridgehead atoms. The lowest BCUT2D eigenvalue weighted by Crippen LogP contribution is -2.25. The van der Waals surface area contributed by atoms with Crippen LogP contribution in [0.25, 0.3) is 0 Å². The summed E-state index contributed by atoms with van der Waals surface area (Å²) in [6.45, 7) is 2.93. The molecule has 0 fully saturated rings. The summed E-state index contributed by atoms with van der Waals surface area (Å²) in [4.78, 5) is 12.7. The van der Waals surface area contributed by atoms with E-state index in [-0.39, 0.29) is 6.42 Å². The molecule has 1 aromatic carbocycles. The second kappa shape index (κ2) is 7.79. The minimum Gasteiger partial charge on any atom is -0.497 e. The molecule has 1 unspecified atom stereocenters. The number of hydrogen-bond donors (Lipinski definition) is 1. The number of benzene rings is 1. The van der Waals surface area contributed by atoms with Crippen molar-refractivity contribution in [2.45, 2.75) is 32.2 Å². The molecule has 0 aliphatic heterocycles. The third-order valence-corrected chi connectivity index (χ3v) is 3.32. The number of aliphatic carboxylic acids is 1. The van der Waals surface area contributed by atoms with Crippen molar-refractivity contribution in [2.24, 2.45) is 0 Å². The number of carboxylic acids is 1. The molecule has 1 rings (SSSR count). The average molecular weight is 265 g/mol. The van der Waals surface area contributed by atoms with Gasteiger partial charge in [-0.2, -0.15) is 0 Å². The molecule has 0 spiro atoms. The van der Waals surface area contributed by atoms with Crippen LogP contribution in [0.3, 0.4) is 0 Å². The van der Waals surface area contributed by atoms with E-state index in [9.17, 15) is 4.79 Å². The molecule has 0 radical (unpaired) electrons. The summed E-state index contributed by atoms with van der Waals surface area (Å²) >= 11 is 0. The van der Waals surface area contributed by atoms with Gasteiger partial charge in [0.25, 0.3) is 0 Å². The molecule has 1 atom stereocenters. The minimum absolute atomic E-state index is 0.226. The topological polar surface area (TPSA) is 49.8 Å². The van der Waals surface area contributed by atoms with Crippen molar-refractivity contribution in [1.29, 1.82) is 0 Å². The van der Waals surface area contributed by atoms with Gasteiger partial charge in [-0.1, -0.05) is 19.1 Å². The lowest BCUT2D eigenvalue weighted by Gasteiger charge is -2.27. The van der Waals surface area contributed by atoms with Crippen LogP contribution in [0, 0.1) is 0 Å². The number of carbonyl (C=O) groups is 1. The van der Waals surface area contributed by atoms with Crippen LogP contribution in [0.15, 0.2) is 24.3 Å². The van der Waals surface area contributed by atoms with Gasteiger partial charge in [-0.05, 0) is 44.1 Å². The Morgan fingerprint density at radius 2 is 2.00 bits per heavy atom. The van der Waals surface area contributed by atoms with Gasteiger partial charge in [0.15, 0.2) is 0 Å². The van der Waals surface area contributed by atoms with Crippen molar-refractivity contribution < 1.29 is 14.6 Å². The van der Waals surface area contributed by atoms with Crippen molar-refractivity contribution in [3.63, 3.8) is 0 Å². The zero-order valence-electron chi connectivity index (χ0n) is 11.9. The monoisotopic (exact) mass is 265 g/mol. The number of nitrogens with zero attached hydrogens (tertiary/aromatic N) is 1. The normalized spacial score (nSPS) is 12.4. The first kappa shape index (κ1) is 15.5. The second-order valence-corrected chi connectivity index (χ2v) is 4.68. The van der Waals surface area contributed by atoms with E-state index in [1.807, 2.05) is 19.2 Å². The van der Waals surface area contributed by atoms with Crippen LogP contribution < -0.4 is 4.74 Å². The summed E-state index contributed by atoms with van der Waals surface area (Å²) in [5.74, 6) is 0.123. The third-order valence-electron chi connectivity index (χ3n) is 3.32. The molecule has 0 saturated heterocycles. The van der Waals surface area contributed by atoms with Crippen LogP contribution in [0.1, 0.15) is 37.8 Å². The Morgan fingerprint density at radius 3 is 2.47 bits per heavy atom. The molecule has 0 amide bonds. The van der Waals surface area contributed by atoms with E-state index in [1.54, 1.807) is 7.11 Å². The van der Waals surface area contributed by atoms with E-state index in [2.05, 4.69) is 24.0 Å². The van der Waals surface area contributed by atoms with E-state index in [0.29, 0.717) is 12.5 Å². The maximum Gasteiger partial charge on any atom is 0.303 e. The summed E-state index contributed by atoms with van der Waals surface area (Å²) in [6, 6.07) is 8.38. The van der Waals surface area contributed by atoms with E-state index in [1.165, 1.54) is 5.56 Å². The molecule has 1 N–H and O–H groups in total. The number of methoxy groups -OCH3 is 1. The summed E-state index contributed by atoms with van der Waals surface area (Å²) in [6.07, 6.45) is 1.90. The van der Waals surface area contributed by atoms with E-state index < -0.39 is 5.97 Å². The Kier molecular flexibility index (Phi) is 6.36. The molecule has 4 nitrogen and oxygen atoms in total. The summed E-state index contributed by atoms with van der Waals surface area (Å²) in [5.41, 5.74) is 1.24. The largest absolute Gasteiger partial charge is 0.497 e. The molecule has 0 aromatic heterocycles. The van der Waals surface area contributed by atoms with Crippen molar-refractivity contribution in [3.8, 4) is 5.75 Å². The van der Waals surface area contributed by atoms with Gasteiger partial charge >= 0.3 is 5.97 Å². The highest BCUT2D eigenvalue weighted by Gasteiger charge is 2.15. The van der Waals surface area contributed by atoms with Gasteiger partial charge in [0.05, 0.1) is 7.11 Å². The molecule has 1 aromatic rings. The lowest BCUT2D eigenvalue weighted by atomic mass is 10.0. The molecule has 0 aliphatic carbocycles. The summed E-state index contributed by atoms with van der Waals surface area (Å²) in [7, 11) is 3.70. The Balaban J connectivity index is 2.61. The van der Waals surface area contributed by atoms with E-state index in [0.717, 1.165) is 18.7 Å². The maximum absolute atomic E-state index is 10.5. The zero-order chi connectivity index (χ0) is 14.3. The SMILES string of the molecule is CCC(c1ccc(OC)cc1)N(C)CCCC(=O)O. The fourth-order valence-electron chi connectivity index (χ4n) is 2.26. The standard InChI is InChI=1S/C15H23NO3/c1-4-14(16(2)11-5-6-15(17)18)12-7-9-13(19-3)10-8-12/h7-10,14H,4-6,11H2,1-3H3,(H,17,18). The molecule has 0 saturated carbocycles. The minimum atomic E-state index is -0.731. The smallest absolute Gasteiger partial charge is 0.303 e. The Hall–Kier alpha value is -1.55. The third kappa shape index (κ3) is 4.91. The zero-order valence-corrected chi connectivity index (χ0v) is 11.9. The van der Waals surface area contributed by atoms with Gasteiger partial charge in [-0.25, -0.2) is 0 Å². The quantitative estimate of drug-likeness (QED) is 0.785. The molecule has 4 heteroatoms. The predicted molar refractivity (Wildman–Crippen MR) is 75.5 cm³/mol. The van der Waals surface area contributed by atoms with Gasteiger partial charge in [-0.3, -0.25) is 9.69 Å². The highest BCUT2D eigenvalue weighted by atomic mass is 16.5. The van der Waals surface area contributed by atoms with E-state index in [4.69, 9.17) is 9.84 Å². The molecule has 19 heavy (non-hydrogen) atoms. The van der Waals surface area contributed by atoms with Crippen molar-refractivity contribution in [3.05, 3.63) is 29.8 Å². The Bertz CT molecular complexity index is 389. The summed E-state index contributed by atoms with van der Waals surface area (Å²) in [5, 5.41) is 8.66. The lowest BCUT2D eigenvalue weighted by molar-refractivity contribution is -0.137. The highest BCUT2D eigenvalue weighted by molar-refractivity contribution is 5.66. The van der Waals surface area contributed by atoms with Crippen LogP contribution in [-0.2, 0) is 4.79 Å². The first-order chi connectivity index (χ1) is 9.08. The van der Waals surface area contributed by atoms with Gasteiger partial charge in [0.2, 0.25) is 0 Å². The average Bonchev–Trinajstić information content (AvgIpc) is 2.40. The summed E-state index contributed by atoms with van der Waals surface area (Å²) < 4.78 is 5.16. The first-order valence-corrected chi connectivity index (χ1v) is 6.64. The van der Waals surface area contributed by atoms with Gasteiger partial charge in [0, 0.05) is 12.5 Å². The first-order valence-electron chi connectivity index (χ1n) is 6.64. The molecule has 0 heterocycles. The molecule has 106 valence electrons. The second-order valence-electron chi connectivity index (χ2n) is 4.68. The number of ether oxygens (including phenoxy) is 1. The predicted octanol–water partition coefficient (Wildman–Crippen LogP) is 2.94. The van der Waals surface area contributed by atoms with Crippen LogP contribution in [-0.4, -0.2) is 36.7 Å². The Labute approximate surface area is 115 Å². The van der Waals surface area contributed by atoms with Crippen LogP contribution in [0.2, 0.25) is 0 Å². The number of rotatable bonds is 8. The van der Waals surface area contributed by atoms with E-state index >= 15 is 0 Å². The van der Waals surface area contributed by atoms with Crippen LogP contribution in [0.4, 0.5) is 0 Å². The number of carboxylic acid groups (broad SMARTS) is 1. The fourth-order valence-corrected chi connectivity index (χ4v) is 2.26. The molecule has 0 aliphatic rings. The van der Waals surface area contributed by atoms with Crippen molar-refractivity contribution in [2.75, 3.05) is 20.7 Å². The molecular weight excluding hydrogens is 242 g/mol. The van der Waals surface area contributed by atoms with Gasteiger partial charge in [-0.15, -0.1) is 0 Å². The van der Waals surface area contributed by atoms with Crippen molar-refractivity contribution >= 4 is 5.97 Å². The number of hydrogen-bond acceptors (Lipinski definition) is 3. The highest BCUT2D eigenvalue weighted by Crippen LogP contribution is 2.25.